The Labute approximate surface area is 77.7 Å². The van der Waals surface area contributed by atoms with Gasteiger partial charge in [0.1, 0.15) is 0 Å². The van der Waals surface area contributed by atoms with Crippen molar-refractivity contribution < 1.29 is 4.74 Å². The molecule has 1 saturated heterocycles. The van der Waals surface area contributed by atoms with Crippen LogP contribution in [0.1, 0.15) is 18.2 Å². The van der Waals surface area contributed by atoms with Crippen LogP contribution in [-0.2, 0) is 11.2 Å². The van der Waals surface area contributed by atoms with Gasteiger partial charge in [-0.2, -0.15) is 0 Å². The minimum atomic E-state index is 0.485. The first-order valence-corrected chi connectivity index (χ1v) is 4.70. The summed E-state index contributed by atoms with van der Waals surface area (Å²) in [5.41, 5.74) is 6.53. The Morgan fingerprint density at radius 2 is 2.62 bits per heavy atom. The fourth-order valence-corrected chi connectivity index (χ4v) is 1.61. The highest BCUT2D eigenvalue weighted by Gasteiger charge is 2.17. The molecule has 0 radical (unpaired) electrons. The van der Waals surface area contributed by atoms with Gasteiger partial charge in [0, 0.05) is 19.2 Å². The van der Waals surface area contributed by atoms with Crippen molar-refractivity contribution in [3.63, 3.8) is 0 Å². The molecular weight excluding hydrogens is 166 g/mol. The molecule has 1 fully saturated rings. The van der Waals surface area contributed by atoms with Crippen LogP contribution in [0.2, 0.25) is 0 Å². The predicted octanol–water partition coefficient (Wildman–Crippen LogP) is 0.346. The van der Waals surface area contributed by atoms with Crippen molar-refractivity contribution in [2.24, 2.45) is 5.73 Å². The summed E-state index contributed by atoms with van der Waals surface area (Å²) in [4.78, 5) is 4.28. The fraction of sp³-hybridized carbons (Fsp3) is 0.667. The number of ether oxygens (including phenoxy) is 1. The highest BCUT2D eigenvalue weighted by molar-refractivity contribution is 4.99. The zero-order valence-corrected chi connectivity index (χ0v) is 7.65. The molecule has 1 aliphatic heterocycles. The van der Waals surface area contributed by atoms with Gasteiger partial charge in [-0.15, -0.1) is 0 Å². The van der Waals surface area contributed by atoms with Crippen LogP contribution in [0.15, 0.2) is 12.5 Å². The van der Waals surface area contributed by atoms with E-state index in [0.29, 0.717) is 12.6 Å². The van der Waals surface area contributed by atoms with Gasteiger partial charge in [-0.05, 0) is 13.0 Å². The first-order valence-electron chi connectivity index (χ1n) is 4.70. The van der Waals surface area contributed by atoms with Crippen molar-refractivity contribution in [3.8, 4) is 0 Å². The molecule has 1 aromatic heterocycles. The molecule has 1 atom stereocenters. The smallest absolute Gasteiger partial charge is 0.0952 e. The lowest BCUT2D eigenvalue weighted by atomic mass is 10.2. The Bertz CT molecular complexity index is 266. The molecule has 2 N–H and O–H groups in total. The summed E-state index contributed by atoms with van der Waals surface area (Å²) < 4.78 is 7.44. The van der Waals surface area contributed by atoms with Gasteiger partial charge < -0.3 is 15.0 Å². The lowest BCUT2D eigenvalue weighted by molar-refractivity contribution is 0.186. The molecule has 4 nitrogen and oxygen atoms in total. The third kappa shape index (κ3) is 1.89. The van der Waals surface area contributed by atoms with Crippen molar-refractivity contribution >= 4 is 0 Å². The quantitative estimate of drug-likeness (QED) is 0.732. The van der Waals surface area contributed by atoms with E-state index in [4.69, 9.17) is 10.5 Å². The standard InChI is InChI=1S/C9H15N3O/c10-3-1-8-5-12(7-11-8)9-2-4-13-6-9/h5,7,9H,1-4,6,10H2. The Balaban J connectivity index is 2.03. The maximum atomic E-state index is 5.45. The minimum absolute atomic E-state index is 0.485. The molecule has 0 spiro atoms. The highest BCUT2D eigenvalue weighted by atomic mass is 16.5. The van der Waals surface area contributed by atoms with Crippen molar-refractivity contribution in [2.75, 3.05) is 19.8 Å². The molecule has 1 unspecified atom stereocenters. The second kappa shape index (κ2) is 3.89. The Morgan fingerprint density at radius 1 is 1.69 bits per heavy atom. The SMILES string of the molecule is NCCc1cn(C2CCOC2)cn1. The summed E-state index contributed by atoms with van der Waals surface area (Å²) in [6.07, 6.45) is 5.91. The third-order valence-corrected chi connectivity index (χ3v) is 2.38. The Morgan fingerprint density at radius 3 is 3.31 bits per heavy atom. The highest BCUT2D eigenvalue weighted by Crippen LogP contribution is 2.18. The van der Waals surface area contributed by atoms with Crippen LogP contribution < -0.4 is 5.73 Å². The van der Waals surface area contributed by atoms with E-state index < -0.39 is 0 Å². The molecule has 4 heteroatoms. The predicted molar refractivity (Wildman–Crippen MR) is 49.5 cm³/mol. The molecule has 2 rings (SSSR count). The zero-order valence-electron chi connectivity index (χ0n) is 7.65. The summed E-state index contributed by atoms with van der Waals surface area (Å²) in [6.45, 7) is 2.35. The average molecular weight is 181 g/mol. The van der Waals surface area contributed by atoms with Crippen molar-refractivity contribution in [3.05, 3.63) is 18.2 Å². The number of aromatic nitrogens is 2. The summed E-state index contributed by atoms with van der Waals surface area (Å²) in [7, 11) is 0. The van der Waals surface area contributed by atoms with Crippen LogP contribution in [0.5, 0.6) is 0 Å². The summed E-state index contributed by atoms with van der Waals surface area (Å²) in [5.74, 6) is 0. The van der Waals surface area contributed by atoms with Crippen LogP contribution in [0.25, 0.3) is 0 Å². The first-order chi connectivity index (χ1) is 6.40. The van der Waals surface area contributed by atoms with Gasteiger partial charge in [0.05, 0.1) is 24.7 Å². The summed E-state index contributed by atoms with van der Waals surface area (Å²) in [5, 5.41) is 0. The van der Waals surface area contributed by atoms with Crippen molar-refractivity contribution in [1.29, 1.82) is 0 Å². The van der Waals surface area contributed by atoms with Crippen LogP contribution in [0.3, 0.4) is 0 Å². The second-order valence-corrected chi connectivity index (χ2v) is 3.37. The fourth-order valence-electron chi connectivity index (χ4n) is 1.61. The van der Waals surface area contributed by atoms with Crippen LogP contribution >= 0.6 is 0 Å². The van der Waals surface area contributed by atoms with Gasteiger partial charge in [0.15, 0.2) is 0 Å². The molecule has 2 heterocycles. The topological polar surface area (TPSA) is 53.1 Å². The molecule has 0 saturated carbocycles. The maximum Gasteiger partial charge on any atom is 0.0952 e. The van der Waals surface area contributed by atoms with Crippen molar-refractivity contribution in [2.45, 2.75) is 18.9 Å². The zero-order chi connectivity index (χ0) is 9.10. The first kappa shape index (κ1) is 8.72. The number of rotatable bonds is 3. The molecule has 1 aromatic rings. The average Bonchev–Trinajstić information content (AvgIpc) is 2.70. The van der Waals surface area contributed by atoms with Gasteiger partial charge in [-0.3, -0.25) is 0 Å². The van der Waals surface area contributed by atoms with Gasteiger partial charge >= 0.3 is 0 Å². The van der Waals surface area contributed by atoms with Gasteiger partial charge in [0.25, 0.3) is 0 Å². The number of nitrogens with zero attached hydrogens (tertiary/aromatic N) is 2. The van der Waals surface area contributed by atoms with Gasteiger partial charge in [-0.1, -0.05) is 0 Å². The lowest BCUT2D eigenvalue weighted by Gasteiger charge is -2.07. The normalized spacial score (nSPS) is 22.4. The van der Waals surface area contributed by atoms with E-state index in [1.165, 1.54) is 0 Å². The molecule has 0 aliphatic carbocycles. The molecule has 0 aromatic carbocycles. The number of nitrogens with two attached hydrogens (primary N) is 1. The van der Waals surface area contributed by atoms with E-state index in [9.17, 15) is 0 Å². The van der Waals surface area contributed by atoms with Crippen LogP contribution in [-0.4, -0.2) is 29.3 Å². The van der Waals surface area contributed by atoms with Gasteiger partial charge in [0.2, 0.25) is 0 Å². The minimum Gasteiger partial charge on any atom is -0.379 e. The number of hydrogen-bond acceptors (Lipinski definition) is 3. The Hall–Kier alpha value is -0.870. The van der Waals surface area contributed by atoms with Crippen LogP contribution in [0.4, 0.5) is 0 Å². The van der Waals surface area contributed by atoms with Gasteiger partial charge in [-0.25, -0.2) is 4.98 Å². The lowest BCUT2D eigenvalue weighted by Crippen LogP contribution is -2.06. The summed E-state index contributed by atoms with van der Waals surface area (Å²) in [6, 6.07) is 0.485. The van der Waals surface area contributed by atoms with Crippen molar-refractivity contribution in [1.82, 2.24) is 9.55 Å². The van der Waals surface area contributed by atoms with E-state index >= 15 is 0 Å². The summed E-state index contributed by atoms with van der Waals surface area (Å²) >= 11 is 0. The molecule has 72 valence electrons. The van der Waals surface area contributed by atoms with E-state index in [-0.39, 0.29) is 0 Å². The third-order valence-electron chi connectivity index (χ3n) is 2.38. The van der Waals surface area contributed by atoms with E-state index in [2.05, 4.69) is 15.7 Å². The number of hydrogen-bond donors (Lipinski definition) is 1. The van der Waals surface area contributed by atoms with Crippen LogP contribution in [0, 0.1) is 0 Å². The molecule has 13 heavy (non-hydrogen) atoms. The maximum absolute atomic E-state index is 5.45. The van der Waals surface area contributed by atoms with E-state index in [1.54, 1.807) is 0 Å². The molecular formula is C9H15N3O. The molecule has 0 bridgehead atoms. The van der Waals surface area contributed by atoms with E-state index in [1.807, 2.05) is 6.33 Å². The molecule has 0 amide bonds. The number of imidazole rings is 1. The second-order valence-electron chi connectivity index (χ2n) is 3.37. The largest absolute Gasteiger partial charge is 0.379 e. The van der Waals surface area contributed by atoms with E-state index in [0.717, 1.165) is 31.7 Å². The monoisotopic (exact) mass is 181 g/mol. The Kier molecular flexibility index (Phi) is 2.61. The molecule has 1 aliphatic rings.